The highest BCUT2D eigenvalue weighted by Crippen LogP contribution is 2.05. The van der Waals surface area contributed by atoms with Crippen LogP contribution in [0.1, 0.15) is 33.6 Å². The molecule has 0 saturated heterocycles. The molecule has 0 heterocycles. The van der Waals surface area contributed by atoms with Gasteiger partial charge in [-0.15, -0.1) is 0 Å². The van der Waals surface area contributed by atoms with E-state index < -0.39 is 0 Å². The van der Waals surface area contributed by atoms with Crippen molar-refractivity contribution in [2.45, 2.75) is 39.7 Å². The normalized spacial score (nSPS) is 13.0. The van der Waals surface area contributed by atoms with Crippen LogP contribution in [-0.2, 0) is 4.79 Å². The third-order valence-electron chi connectivity index (χ3n) is 2.68. The minimum absolute atomic E-state index is 0.0643. The van der Waals surface area contributed by atoms with Gasteiger partial charge in [0.25, 0.3) is 0 Å². The molecule has 1 N–H and O–H groups in total. The predicted octanol–water partition coefficient (Wildman–Crippen LogP) is 1.49. The molecule has 0 fully saturated rings. The van der Waals surface area contributed by atoms with Crippen LogP contribution in [0, 0.1) is 5.92 Å². The fourth-order valence-electron chi connectivity index (χ4n) is 1.40. The molecule has 0 rings (SSSR count). The molecule has 0 radical (unpaired) electrons. The third-order valence-corrected chi connectivity index (χ3v) is 2.68. The lowest BCUT2D eigenvalue weighted by Crippen LogP contribution is -2.43. The van der Waals surface area contributed by atoms with Gasteiger partial charge >= 0.3 is 0 Å². The SMILES string of the molecule is CCC(CC)CNC(C)C(=O)N(C)C. The predicted molar refractivity (Wildman–Crippen MR) is 60.2 cm³/mol. The Labute approximate surface area is 87.9 Å². The van der Waals surface area contributed by atoms with Gasteiger partial charge in [-0.3, -0.25) is 4.79 Å². The van der Waals surface area contributed by atoms with Gasteiger partial charge in [-0.25, -0.2) is 0 Å². The van der Waals surface area contributed by atoms with Crippen molar-refractivity contribution in [2.24, 2.45) is 5.92 Å². The number of carbonyl (C=O) groups excluding carboxylic acids is 1. The molecule has 0 aliphatic rings. The highest BCUT2D eigenvalue weighted by atomic mass is 16.2. The van der Waals surface area contributed by atoms with Crippen molar-refractivity contribution in [1.82, 2.24) is 10.2 Å². The van der Waals surface area contributed by atoms with Gasteiger partial charge in [0.2, 0.25) is 5.91 Å². The second-order valence-corrected chi connectivity index (χ2v) is 4.05. The van der Waals surface area contributed by atoms with Gasteiger partial charge in [-0.05, 0) is 19.4 Å². The molecule has 0 aliphatic carbocycles. The molecule has 84 valence electrons. The Balaban J connectivity index is 3.83. The lowest BCUT2D eigenvalue weighted by Gasteiger charge is -2.20. The molecule has 3 heteroatoms. The van der Waals surface area contributed by atoms with Crippen LogP contribution in [0.4, 0.5) is 0 Å². The van der Waals surface area contributed by atoms with E-state index in [0.29, 0.717) is 5.92 Å². The molecule has 0 saturated carbocycles. The van der Waals surface area contributed by atoms with Crippen molar-refractivity contribution in [2.75, 3.05) is 20.6 Å². The van der Waals surface area contributed by atoms with E-state index in [1.54, 1.807) is 19.0 Å². The molecule has 0 bridgehead atoms. The minimum atomic E-state index is -0.0643. The summed E-state index contributed by atoms with van der Waals surface area (Å²) in [4.78, 5) is 13.1. The van der Waals surface area contributed by atoms with E-state index in [4.69, 9.17) is 0 Å². The molecular weight excluding hydrogens is 176 g/mol. The Bertz CT molecular complexity index is 165. The Morgan fingerprint density at radius 2 is 1.79 bits per heavy atom. The van der Waals surface area contributed by atoms with Crippen molar-refractivity contribution in [3.05, 3.63) is 0 Å². The van der Waals surface area contributed by atoms with Crippen molar-refractivity contribution in [3.8, 4) is 0 Å². The number of rotatable bonds is 6. The number of carbonyl (C=O) groups is 1. The molecule has 3 nitrogen and oxygen atoms in total. The molecule has 14 heavy (non-hydrogen) atoms. The summed E-state index contributed by atoms with van der Waals surface area (Å²) in [6, 6.07) is -0.0643. The first-order valence-corrected chi connectivity index (χ1v) is 5.47. The van der Waals surface area contributed by atoms with E-state index in [-0.39, 0.29) is 11.9 Å². The number of nitrogens with zero attached hydrogens (tertiary/aromatic N) is 1. The van der Waals surface area contributed by atoms with Gasteiger partial charge in [-0.1, -0.05) is 26.7 Å². The summed E-state index contributed by atoms with van der Waals surface area (Å²) in [5.41, 5.74) is 0. The molecule has 0 aromatic heterocycles. The smallest absolute Gasteiger partial charge is 0.238 e. The average Bonchev–Trinajstić information content (AvgIpc) is 2.17. The first-order valence-electron chi connectivity index (χ1n) is 5.47. The van der Waals surface area contributed by atoms with Crippen LogP contribution >= 0.6 is 0 Å². The topological polar surface area (TPSA) is 32.3 Å². The van der Waals surface area contributed by atoms with Crippen molar-refractivity contribution in [1.29, 1.82) is 0 Å². The van der Waals surface area contributed by atoms with Crippen LogP contribution in [0.5, 0.6) is 0 Å². The Morgan fingerprint density at radius 3 is 2.14 bits per heavy atom. The average molecular weight is 200 g/mol. The maximum atomic E-state index is 11.5. The van der Waals surface area contributed by atoms with Crippen molar-refractivity contribution in [3.63, 3.8) is 0 Å². The maximum Gasteiger partial charge on any atom is 0.238 e. The van der Waals surface area contributed by atoms with Crippen LogP contribution in [-0.4, -0.2) is 37.5 Å². The summed E-state index contributed by atoms with van der Waals surface area (Å²) in [7, 11) is 3.58. The summed E-state index contributed by atoms with van der Waals surface area (Å²) in [6.07, 6.45) is 2.35. The molecule has 0 aromatic rings. The first-order chi connectivity index (χ1) is 6.52. The van der Waals surface area contributed by atoms with Gasteiger partial charge in [0.05, 0.1) is 6.04 Å². The van der Waals surface area contributed by atoms with Crippen LogP contribution < -0.4 is 5.32 Å². The van der Waals surface area contributed by atoms with E-state index >= 15 is 0 Å². The summed E-state index contributed by atoms with van der Waals surface area (Å²) >= 11 is 0. The van der Waals surface area contributed by atoms with E-state index in [2.05, 4.69) is 19.2 Å². The monoisotopic (exact) mass is 200 g/mol. The standard InChI is InChI=1S/C11H24N2O/c1-6-10(7-2)8-12-9(3)11(14)13(4)5/h9-10,12H,6-8H2,1-5H3. The van der Waals surface area contributed by atoms with E-state index in [0.717, 1.165) is 6.54 Å². The summed E-state index contributed by atoms with van der Waals surface area (Å²) in [5, 5.41) is 3.27. The van der Waals surface area contributed by atoms with E-state index in [1.165, 1.54) is 12.8 Å². The van der Waals surface area contributed by atoms with E-state index in [9.17, 15) is 4.79 Å². The Hall–Kier alpha value is -0.570. The largest absolute Gasteiger partial charge is 0.347 e. The van der Waals surface area contributed by atoms with Gasteiger partial charge in [0.1, 0.15) is 0 Å². The van der Waals surface area contributed by atoms with Crippen LogP contribution in [0.25, 0.3) is 0 Å². The van der Waals surface area contributed by atoms with Crippen molar-refractivity contribution >= 4 is 5.91 Å². The number of nitrogens with one attached hydrogen (secondary N) is 1. The fraction of sp³-hybridized carbons (Fsp3) is 0.909. The quantitative estimate of drug-likeness (QED) is 0.704. The zero-order valence-corrected chi connectivity index (χ0v) is 10.1. The minimum Gasteiger partial charge on any atom is -0.347 e. The van der Waals surface area contributed by atoms with Crippen molar-refractivity contribution < 1.29 is 4.79 Å². The van der Waals surface area contributed by atoms with Crippen LogP contribution in [0.2, 0.25) is 0 Å². The molecule has 1 atom stereocenters. The Kier molecular flexibility index (Phi) is 6.54. The molecule has 1 unspecified atom stereocenters. The van der Waals surface area contributed by atoms with Crippen LogP contribution in [0.15, 0.2) is 0 Å². The maximum absolute atomic E-state index is 11.5. The lowest BCUT2D eigenvalue weighted by molar-refractivity contribution is -0.130. The van der Waals surface area contributed by atoms with Gasteiger partial charge < -0.3 is 10.2 Å². The molecule has 0 spiro atoms. The number of hydrogen-bond acceptors (Lipinski definition) is 2. The molecule has 0 aliphatic heterocycles. The zero-order valence-electron chi connectivity index (χ0n) is 10.1. The van der Waals surface area contributed by atoms with Gasteiger partial charge in [0, 0.05) is 14.1 Å². The van der Waals surface area contributed by atoms with Gasteiger partial charge in [-0.2, -0.15) is 0 Å². The van der Waals surface area contributed by atoms with E-state index in [1.807, 2.05) is 6.92 Å². The summed E-state index contributed by atoms with van der Waals surface area (Å²) in [6.45, 7) is 7.24. The fourth-order valence-corrected chi connectivity index (χ4v) is 1.40. The zero-order chi connectivity index (χ0) is 11.1. The summed E-state index contributed by atoms with van der Waals surface area (Å²) in [5.74, 6) is 0.836. The van der Waals surface area contributed by atoms with Crippen LogP contribution in [0.3, 0.4) is 0 Å². The summed E-state index contributed by atoms with van der Waals surface area (Å²) < 4.78 is 0. The second kappa shape index (κ2) is 6.82. The highest BCUT2D eigenvalue weighted by Gasteiger charge is 2.14. The number of amides is 1. The second-order valence-electron chi connectivity index (χ2n) is 4.05. The number of likely N-dealkylation sites (N-methyl/N-ethyl adjacent to an activating group) is 1. The highest BCUT2D eigenvalue weighted by molar-refractivity contribution is 5.80. The third kappa shape index (κ3) is 4.61. The first kappa shape index (κ1) is 13.4. The Morgan fingerprint density at radius 1 is 1.29 bits per heavy atom. The lowest BCUT2D eigenvalue weighted by atomic mass is 10.0. The number of hydrogen-bond donors (Lipinski definition) is 1. The van der Waals surface area contributed by atoms with Gasteiger partial charge in [0.15, 0.2) is 0 Å². The molecule has 1 amide bonds. The molecular formula is C11H24N2O. The molecule has 0 aromatic carbocycles.